The monoisotopic (exact) mass is 485 g/mol. The van der Waals surface area contributed by atoms with Crippen molar-refractivity contribution in [1.82, 2.24) is 4.90 Å². The van der Waals surface area contributed by atoms with Gasteiger partial charge in [0.05, 0.1) is 12.0 Å². The third kappa shape index (κ3) is 6.17. The molecule has 0 atom stereocenters. The van der Waals surface area contributed by atoms with Gasteiger partial charge in [0, 0.05) is 31.0 Å². The van der Waals surface area contributed by atoms with Gasteiger partial charge >= 0.3 is 12.2 Å². The van der Waals surface area contributed by atoms with Crippen molar-refractivity contribution in [2.45, 2.75) is 25.6 Å². The number of halogens is 4. The summed E-state index contributed by atoms with van der Waals surface area (Å²) in [4.78, 5) is 28.7. The van der Waals surface area contributed by atoms with E-state index in [0.29, 0.717) is 42.0 Å². The summed E-state index contributed by atoms with van der Waals surface area (Å²) in [7, 11) is 0. The fraction of sp³-hybridized carbons (Fsp3) is 0.231. The topological polar surface area (TPSA) is 52.7 Å². The molecule has 4 rings (SSSR count). The van der Waals surface area contributed by atoms with Crippen molar-refractivity contribution in [2.24, 2.45) is 0 Å². The Morgan fingerprint density at radius 3 is 2.29 bits per heavy atom. The van der Waals surface area contributed by atoms with Crippen LogP contribution >= 0.6 is 0 Å². The highest BCUT2D eigenvalue weighted by Gasteiger charge is 2.31. The highest BCUT2D eigenvalue weighted by atomic mass is 19.4. The lowest BCUT2D eigenvalue weighted by molar-refractivity contribution is -0.137. The van der Waals surface area contributed by atoms with Gasteiger partial charge in [-0.1, -0.05) is 30.3 Å². The van der Waals surface area contributed by atoms with Gasteiger partial charge in [0.25, 0.3) is 0 Å². The molecule has 0 radical (unpaired) electrons. The van der Waals surface area contributed by atoms with E-state index in [1.165, 1.54) is 24.3 Å². The molecule has 1 N–H and O–H groups in total. The van der Waals surface area contributed by atoms with Gasteiger partial charge in [0.1, 0.15) is 5.82 Å². The molecule has 1 aliphatic heterocycles. The summed E-state index contributed by atoms with van der Waals surface area (Å²) >= 11 is 0. The molecule has 9 heteroatoms. The second-order valence-corrected chi connectivity index (χ2v) is 8.31. The smallest absolute Gasteiger partial charge is 0.326 e. The van der Waals surface area contributed by atoms with Crippen LogP contribution in [0.1, 0.15) is 23.1 Å². The van der Waals surface area contributed by atoms with Crippen molar-refractivity contribution >= 4 is 23.3 Å². The molecule has 1 fully saturated rings. The van der Waals surface area contributed by atoms with Crippen LogP contribution in [0.5, 0.6) is 0 Å². The van der Waals surface area contributed by atoms with Crippen LogP contribution in [0.15, 0.2) is 72.8 Å². The van der Waals surface area contributed by atoms with E-state index in [1.807, 2.05) is 0 Å². The zero-order valence-electron chi connectivity index (χ0n) is 18.7. The van der Waals surface area contributed by atoms with Crippen molar-refractivity contribution in [1.29, 1.82) is 0 Å². The number of alkyl halides is 3. The van der Waals surface area contributed by atoms with E-state index in [2.05, 4.69) is 5.32 Å². The molecule has 1 heterocycles. The number of nitrogens with one attached hydrogen (secondary N) is 1. The molecular weight excluding hydrogens is 462 g/mol. The second-order valence-electron chi connectivity index (χ2n) is 8.31. The fourth-order valence-electron chi connectivity index (χ4n) is 3.93. The molecule has 1 aliphatic rings. The number of amides is 3. The van der Waals surface area contributed by atoms with Crippen LogP contribution in [0.25, 0.3) is 0 Å². The Morgan fingerprint density at radius 1 is 0.914 bits per heavy atom. The predicted octanol–water partition coefficient (Wildman–Crippen LogP) is 5.86. The van der Waals surface area contributed by atoms with Gasteiger partial charge in [-0.15, -0.1) is 0 Å². The Bertz CT molecular complexity index is 1190. The Kier molecular flexibility index (Phi) is 7.04. The summed E-state index contributed by atoms with van der Waals surface area (Å²) in [5, 5.41) is 2.79. The van der Waals surface area contributed by atoms with Crippen LogP contribution in [0.4, 0.5) is 33.7 Å². The highest BCUT2D eigenvalue weighted by Crippen LogP contribution is 2.30. The number of rotatable bonds is 6. The number of hydrogen-bond acceptors (Lipinski definition) is 2. The maximum absolute atomic E-state index is 13.1. The van der Waals surface area contributed by atoms with E-state index in [9.17, 15) is 27.2 Å². The van der Waals surface area contributed by atoms with E-state index in [4.69, 9.17) is 0 Å². The number of carbonyl (C=O) groups excluding carboxylic acids is 2. The molecule has 5 nitrogen and oxygen atoms in total. The SMILES string of the molecule is O=C(Cc1ccc(F)cc1)Nc1cccc(N2CCCN(Cc3ccc(C(F)(F)F)cc3)C2=O)c1. The molecule has 0 aliphatic carbocycles. The summed E-state index contributed by atoms with van der Waals surface area (Å²) in [6.07, 6.45) is -3.64. The Hall–Kier alpha value is -3.88. The first-order chi connectivity index (χ1) is 16.7. The van der Waals surface area contributed by atoms with Crippen molar-refractivity contribution in [2.75, 3.05) is 23.3 Å². The third-order valence-corrected chi connectivity index (χ3v) is 5.69. The summed E-state index contributed by atoms with van der Waals surface area (Å²) in [6, 6.07) is 17.1. The molecule has 3 aromatic carbocycles. The summed E-state index contributed by atoms with van der Waals surface area (Å²) < 4.78 is 51.5. The molecule has 3 amide bonds. The first kappa shape index (κ1) is 24.3. The number of anilines is 2. The summed E-state index contributed by atoms with van der Waals surface area (Å²) in [5.41, 5.74) is 1.67. The predicted molar refractivity (Wildman–Crippen MR) is 124 cm³/mol. The standard InChI is InChI=1S/C26H23F4N3O2/c27-21-11-7-18(8-12-21)15-24(34)31-22-3-1-4-23(16-22)33-14-2-13-32(25(33)35)17-19-5-9-20(10-6-19)26(28,29)30/h1,3-12,16H,2,13-15,17H2,(H,31,34). The lowest BCUT2D eigenvalue weighted by Gasteiger charge is -2.36. The minimum atomic E-state index is -4.41. The lowest BCUT2D eigenvalue weighted by atomic mass is 10.1. The largest absolute Gasteiger partial charge is 0.416 e. The van der Waals surface area contributed by atoms with Gasteiger partial charge in [-0.2, -0.15) is 13.2 Å². The average Bonchev–Trinajstić information content (AvgIpc) is 2.82. The zero-order valence-corrected chi connectivity index (χ0v) is 18.7. The van der Waals surface area contributed by atoms with E-state index in [0.717, 1.165) is 12.1 Å². The Balaban J connectivity index is 1.41. The third-order valence-electron chi connectivity index (χ3n) is 5.69. The fourth-order valence-corrected chi connectivity index (χ4v) is 3.93. The summed E-state index contributed by atoms with van der Waals surface area (Å²) in [6.45, 7) is 1.17. The molecule has 0 unspecified atom stereocenters. The van der Waals surface area contributed by atoms with Gasteiger partial charge in [0.2, 0.25) is 5.91 Å². The van der Waals surface area contributed by atoms with Crippen molar-refractivity contribution in [3.05, 3.63) is 95.3 Å². The maximum atomic E-state index is 13.1. The molecule has 0 saturated carbocycles. The average molecular weight is 485 g/mol. The van der Waals surface area contributed by atoms with Crippen LogP contribution in [0.3, 0.4) is 0 Å². The van der Waals surface area contributed by atoms with Gasteiger partial charge in [-0.05, 0) is 60.0 Å². The van der Waals surface area contributed by atoms with E-state index in [1.54, 1.807) is 46.2 Å². The number of hydrogen-bond donors (Lipinski definition) is 1. The van der Waals surface area contributed by atoms with Crippen molar-refractivity contribution in [3.8, 4) is 0 Å². The van der Waals surface area contributed by atoms with Crippen molar-refractivity contribution in [3.63, 3.8) is 0 Å². The van der Waals surface area contributed by atoms with E-state index >= 15 is 0 Å². The lowest BCUT2D eigenvalue weighted by Crippen LogP contribution is -2.49. The molecule has 35 heavy (non-hydrogen) atoms. The molecule has 3 aromatic rings. The second kappa shape index (κ2) is 10.2. The van der Waals surface area contributed by atoms with Crippen molar-refractivity contribution < 1.29 is 27.2 Å². The van der Waals surface area contributed by atoms with Crippen LogP contribution < -0.4 is 10.2 Å². The Labute approximate surface area is 200 Å². The van der Waals surface area contributed by atoms with Crippen LogP contribution in [0.2, 0.25) is 0 Å². The highest BCUT2D eigenvalue weighted by molar-refractivity contribution is 5.95. The normalized spacial score (nSPS) is 14.2. The van der Waals surface area contributed by atoms with Gasteiger partial charge in [-0.25, -0.2) is 9.18 Å². The molecule has 0 aromatic heterocycles. The zero-order chi connectivity index (χ0) is 25.0. The number of nitrogens with zero attached hydrogens (tertiary/aromatic N) is 2. The number of benzene rings is 3. The molecule has 0 bridgehead atoms. The van der Waals surface area contributed by atoms with Crippen LogP contribution in [-0.2, 0) is 23.9 Å². The summed E-state index contributed by atoms with van der Waals surface area (Å²) in [5.74, 6) is -0.650. The van der Waals surface area contributed by atoms with E-state index < -0.39 is 11.7 Å². The first-order valence-electron chi connectivity index (χ1n) is 11.1. The molecule has 182 valence electrons. The minimum absolute atomic E-state index is 0.0774. The van der Waals surface area contributed by atoms with Gasteiger partial charge in [0.15, 0.2) is 0 Å². The van der Waals surface area contributed by atoms with Crippen LogP contribution in [0, 0.1) is 5.82 Å². The number of carbonyl (C=O) groups is 2. The quantitative estimate of drug-likeness (QED) is 0.445. The molecule has 0 spiro atoms. The maximum Gasteiger partial charge on any atom is 0.416 e. The number of urea groups is 1. The molecular formula is C26H23F4N3O2. The van der Waals surface area contributed by atoms with Crippen LogP contribution in [-0.4, -0.2) is 29.9 Å². The van der Waals surface area contributed by atoms with Gasteiger partial charge in [-0.3, -0.25) is 9.69 Å². The Morgan fingerprint density at radius 2 is 1.60 bits per heavy atom. The molecule has 1 saturated heterocycles. The minimum Gasteiger partial charge on any atom is -0.326 e. The van der Waals surface area contributed by atoms with E-state index in [-0.39, 0.29) is 30.7 Å². The first-order valence-corrected chi connectivity index (χ1v) is 11.1. The van der Waals surface area contributed by atoms with Gasteiger partial charge < -0.3 is 10.2 Å².